The molecule has 2 aliphatic rings. The van der Waals surface area contributed by atoms with Gasteiger partial charge in [0.2, 0.25) is 5.91 Å². The van der Waals surface area contributed by atoms with Crippen LogP contribution >= 0.6 is 0 Å². The van der Waals surface area contributed by atoms with Crippen LogP contribution in [0.3, 0.4) is 0 Å². The minimum atomic E-state index is -0.680. The second-order valence-electron chi connectivity index (χ2n) is 6.28. The summed E-state index contributed by atoms with van der Waals surface area (Å²) in [6.07, 6.45) is 2.27. The summed E-state index contributed by atoms with van der Waals surface area (Å²) in [6, 6.07) is 8.51. The quantitative estimate of drug-likeness (QED) is 0.844. The van der Waals surface area contributed by atoms with E-state index in [0.29, 0.717) is 19.2 Å². The zero-order chi connectivity index (χ0) is 14.9. The SMILES string of the molecule is CC(CN1CCOc2ccccc2C1)(NC1CC1)C(N)=O. The van der Waals surface area contributed by atoms with Crippen LogP contribution in [0.15, 0.2) is 24.3 Å². The van der Waals surface area contributed by atoms with E-state index in [0.717, 1.165) is 37.2 Å². The van der Waals surface area contributed by atoms with Gasteiger partial charge in [0, 0.05) is 31.2 Å². The molecule has 0 radical (unpaired) electrons. The van der Waals surface area contributed by atoms with E-state index in [2.05, 4.69) is 16.3 Å². The van der Waals surface area contributed by atoms with E-state index >= 15 is 0 Å². The third-order valence-electron chi connectivity index (χ3n) is 4.22. The van der Waals surface area contributed by atoms with Crippen molar-refractivity contribution in [1.29, 1.82) is 0 Å². The fourth-order valence-electron chi connectivity index (χ4n) is 2.83. The minimum Gasteiger partial charge on any atom is -0.492 e. The highest BCUT2D eigenvalue weighted by Crippen LogP contribution is 2.26. The van der Waals surface area contributed by atoms with Crippen LogP contribution < -0.4 is 15.8 Å². The summed E-state index contributed by atoms with van der Waals surface area (Å²) in [5.74, 6) is 0.656. The molecule has 1 atom stereocenters. The maximum atomic E-state index is 11.9. The van der Waals surface area contributed by atoms with Gasteiger partial charge in [-0.2, -0.15) is 0 Å². The third kappa shape index (κ3) is 3.36. The van der Waals surface area contributed by atoms with Crippen molar-refractivity contribution in [1.82, 2.24) is 10.2 Å². The van der Waals surface area contributed by atoms with Gasteiger partial charge in [-0.05, 0) is 25.8 Å². The molecule has 1 aromatic rings. The Labute approximate surface area is 125 Å². The number of amides is 1. The van der Waals surface area contributed by atoms with Crippen molar-refractivity contribution in [2.24, 2.45) is 5.73 Å². The van der Waals surface area contributed by atoms with Gasteiger partial charge in [0.1, 0.15) is 17.9 Å². The first-order valence-electron chi connectivity index (χ1n) is 7.57. The molecule has 1 aliphatic carbocycles. The van der Waals surface area contributed by atoms with Gasteiger partial charge in [-0.1, -0.05) is 18.2 Å². The number of nitrogens with two attached hydrogens (primary N) is 1. The highest BCUT2D eigenvalue weighted by Gasteiger charge is 2.38. The van der Waals surface area contributed by atoms with Crippen LogP contribution in [0.1, 0.15) is 25.3 Å². The topological polar surface area (TPSA) is 67.6 Å². The molecular formula is C16H23N3O2. The van der Waals surface area contributed by atoms with Crippen molar-refractivity contribution >= 4 is 5.91 Å². The van der Waals surface area contributed by atoms with Crippen LogP contribution in [0, 0.1) is 0 Å². The smallest absolute Gasteiger partial charge is 0.238 e. The lowest BCUT2D eigenvalue weighted by Gasteiger charge is -2.33. The average Bonchev–Trinajstić information content (AvgIpc) is 3.25. The number of hydrogen-bond acceptors (Lipinski definition) is 4. The number of benzene rings is 1. The zero-order valence-corrected chi connectivity index (χ0v) is 12.5. The van der Waals surface area contributed by atoms with Crippen LogP contribution in [0.2, 0.25) is 0 Å². The van der Waals surface area contributed by atoms with Crippen molar-refractivity contribution in [3.63, 3.8) is 0 Å². The third-order valence-corrected chi connectivity index (χ3v) is 4.22. The lowest BCUT2D eigenvalue weighted by molar-refractivity contribution is -0.124. The minimum absolute atomic E-state index is 0.284. The fraction of sp³-hybridized carbons (Fsp3) is 0.562. The Balaban J connectivity index is 1.72. The van der Waals surface area contributed by atoms with E-state index in [-0.39, 0.29) is 5.91 Å². The first-order valence-corrected chi connectivity index (χ1v) is 7.57. The highest BCUT2D eigenvalue weighted by molar-refractivity contribution is 5.84. The summed E-state index contributed by atoms with van der Waals surface area (Å²) in [5.41, 5.74) is 6.12. The van der Waals surface area contributed by atoms with Crippen molar-refractivity contribution in [2.75, 3.05) is 19.7 Å². The number of hydrogen-bond donors (Lipinski definition) is 2. The molecule has 5 heteroatoms. The average molecular weight is 289 g/mol. The maximum absolute atomic E-state index is 11.9. The van der Waals surface area contributed by atoms with Crippen LogP contribution in [0.4, 0.5) is 0 Å². The molecule has 1 saturated carbocycles. The standard InChI is InChI=1S/C16H23N3O2/c1-16(15(17)20,18-13-6-7-13)11-19-8-9-21-14-5-3-2-4-12(14)10-19/h2-5,13,18H,6-11H2,1H3,(H2,17,20). The van der Waals surface area contributed by atoms with Crippen LogP contribution in [0.5, 0.6) is 5.75 Å². The summed E-state index contributed by atoms with van der Waals surface area (Å²) in [6.45, 7) is 4.73. The van der Waals surface area contributed by atoms with Crippen molar-refractivity contribution in [3.8, 4) is 5.75 Å². The Kier molecular flexibility index (Phi) is 3.87. The van der Waals surface area contributed by atoms with Gasteiger partial charge in [0.05, 0.1) is 0 Å². The number of fused-ring (bicyclic) bond motifs is 1. The molecular weight excluding hydrogens is 266 g/mol. The summed E-state index contributed by atoms with van der Waals surface area (Å²) >= 11 is 0. The monoisotopic (exact) mass is 289 g/mol. The first kappa shape index (κ1) is 14.4. The molecule has 1 unspecified atom stereocenters. The van der Waals surface area contributed by atoms with Crippen LogP contribution in [-0.4, -0.2) is 42.1 Å². The Bertz CT molecular complexity index is 530. The normalized spacial score (nSPS) is 21.8. The fourth-order valence-corrected chi connectivity index (χ4v) is 2.83. The van der Waals surface area contributed by atoms with Crippen molar-refractivity contribution < 1.29 is 9.53 Å². The van der Waals surface area contributed by atoms with E-state index in [1.807, 2.05) is 25.1 Å². The molecule has 1 aliphatic heterocycles. The highest BCUT2D eigenvalue weighted by atomic mass is 16.5. The molecule has 3 N–H and O–H groups in total. The van der Waals surface area contributed by atoms with E-state index in [1.54, 1.807) is 0 Å². The Morgan fingerprint density at radius 2 is 2.24 bits per heavy atom. The van der Waals surface area contributed by atoms with Gasteiger partial charge in [0.25, 0.3) is 0 Å². The largest absolute Gasteiger partial charge is 0.492 e. The van der Waals surface area contributed by atoms with Gasteiger partial charge in [-0.15, -0.1) is 0 Å². The second-order valence-corrected chi connectivity index (χ2v) is 6.28. The molecule has 0 spiro atoms. The zero-order valence-electron chi connectivity index (χ0n) is 12.5. The van der Waals surface area contributed by atoms with E-state index in [4.69, 9.17) is 10.5 Å². The van der Waals surface area contributed by atoms with E-state index < -0.39 is 5.54 Å². The van der Waals surface area contributed by atoms with Crippen LogP contribution in [0.25, 0.3) is 0 Å². The van der Waals surface area contributed by atoms with Gasteiger partial charge in [-0.25, -0.2) is 0 Å². The molecule has 0 bridgehead atoms. The Morgan fingerprint density at radius 1 is 1.48 bits per heavy atom. The molecule has 5 nitrogen and oxygen atoms in total. The number of para-hydroxylation sites is 1. The van der Waals surface area contributed by atoms with Gasteiger partial charge in [0.15, 0.2) is 0 Å². The summed E-state index contributed by atoms with van der Waals surface area (Å²) < 4.78 is 5.77. The first-order chi connectivity index (χ1) is 10.1. The van der Waals surface area contributed by atoms with Crippen LogP contribution in [-0.2, 0) is 11.3 Å². The number of rotatable bonds is 5. The molecule has 21 heavy (non-hydrogen) atoms. The second kappa shape index (κ2) is 5.66. The molecule has 114 valence electrons. The number of carbonyl (C=O) groups is 1. The molecule has 3 rings (SSSR count). The maximum Gasteiger partial charge on any atom is 0.238 e. The number of nitrogens with zero attached hydrogens (tertiary/aromatic N) is 1. The molecule has 1 fully saturated rings. The molecule has 0 aromatic heterocycles. The Hall–Kier alpha value is -1.59. The summed E-state index contributed by atoms with van der Waals surface area (Å²) in [4.78, 5) is 14.1. The predicted molar refractivity (Wildman–Crippen MR) is 81.0 cm³/mol. The number of primary amides is 1. The van der Waals surface area contributed by atoms with Gasteiger partial charge >= 0.3 is 0 Å². The van der Waals surface area contributed by atoms with Crippen molar-refractivity contribution in [3.05, 3.63) is 29.8 Å². The number of nitrogens with one attached hydrogen (secondary N) is 1. The molecule has 0 saturated heterocycles. The number of ether oxygens (including phenoxy) is 1. The predicted octanol–water partition coefficient (Wildman–Crippen LogP) is 0.877. The molecule has 1 amide bonds. The molecule has 1 heterocycles. The Morgan fingerprint density at radius 3 is 2.95 bits per heavy atom. The lowest BCUT2D eigenvalue weighted by atomic mass is 10.00. The van der Waals surface area contributed by atoms with Crippen molar-refractivity contribution in [2.45, 2.75) is 37.9 Å². The summed E-state index contributed by atoms with van der Waals surface area (Å²) in [5, 5.41) is 3.40. The lowest BCUT2D eigenvalue weighted by Crippen LogP contribution is -2.60. The van der Waals surface area contributed by atoms with Gasteiger partial charge in [-0.3, -0.25) is 15.0 Å². The van der Waals surface area contributed by atoms with E-state index in [9.17, 15) is 4.79 Å². The van der Waals surface area contributed by atoms with Gasteiger partial charge < -0.3 is 10.5 Å². The summed E-state index contributed by atoms with van der Waals surface area (Å²) in [7, 11) is 0. The van der Waals surface area contributed by atoms with E-state index in [1.165, 1.54) is 0 Å². The molecule has 1 aromatic carbocycles. The number of carbonyl (C=O) groups excluding carboxylic acids is 1.